The highest BCUT2D eigenvalue weighted by Crippen LogP contribution is 2.53. The number of aromatic nitrogens is 4. The van der Waals surface area contributed by atoms with Crippen LogP contribution in [0.5, 0.6) is 0 Å². The Morgan fingerprint density at radius 2 is 0.445 bits per heavy atom. The molecule has 0 radical (unpaired) electrons. The van der Waals surface area contributed by atoms with E-state index in [2.05, 4.69) is 586 Å². The predicted molar refractivity (Wildman–Crippen MR) is 628 cm³/mol. The van der Waals surface area contributed by atoms with Crippen LogP contribution in [-0.2, 0) is 27.1 Å². The van der Waals surface area contributed by atoms with Crippen molar-refractivity contribution in [1.82, 2.24) is 18.3 Å². The molecule has 0 amide bonds. The lowest BCUT2D eigenvalue weighted by atomic mass is 9.33. The summed E-state index contributed by atoms with van der Waals surface area (Å²) in [4.78, 5) is 9.77. The first-order valence-electron chi connectivity index (χ1n) is 51.4. The molecule has 0 bridgehead atoms. The maximum Gasteiger partial charge on any atom is 0.252 e. The zero-order valence-corrected chi connectivity index (χ0v) is 87.3. The van der Waals surface area contributed by atoms with Crippen LogP contribution in [-0.4, -0.2) is 25.0 Å². The van der Waals surface area contributed by atoms with E-state index < -0.39 is 0 Å². The Labute approximate surface area is 864 Å². The molecule has 19 aromatic carbocycles. The van der Waals surface area contributed by atoms with E-state index in [9.17, 15) is 0 Å². The minimum Gasteiger partial charge on any atom is -0.311 e. The largest absolute Gasteiger partial charge is 0.311 e. The van der Waals surface area contributed by atoms with Gasteiger partial charge in [-0.05, 0) is 278 Å². The Morgan fingerprint density at radius 1 is 0.205 bits per heavy atom. The van der Waals surface area contributed by atoms with Crippen LogP contribution < -0.4 is 36.0 Å². The molecule has 10 heteroatoms. The fourth-order valence-corrected chi connectivity index (χ4v) is 22.9. The van der Waals surface area contributed by atoms with Gasteiger partial charge in [0.25, 0.3) is 6.71 Å². The van der Waals surface area contributed by atoms with E-state index in [0.717, 1.165) is 73.8 Å². The van der Waals surface area contributed by atoms with Gasteiger partial charge in [0.05, 0.1) is 60.5 Å². The number of hydrogen-bond acceptors (Lipinski definition) is 4. The van der Waals surface area contributed by atoms with Gasteiger partial charge in [0.2, 0.25) is 0 Å². The Kier molecular flexibility index (Phi) is 23.3. The van der Waals surface area contributed by atoms with Gasteiger partial charge < -0.3 is 37.9 Å². The molecule has 2 aliphatic heterocycles. The second-order valence-corrected chi connectivity index (χ2v) is 45.3. The summed E-state index contributed by atoms with van der Waals surface area (Å²) in [6.07, 6.45) is 0. The van der Waals surface area contributed by atoms with E-state index in [1.54, 1.807) is 0 Å². The molecule has 8 nitrogen and oxygen atoms in total. The van der Waals surface area contributed by atoms with Crippen molar-refractivity contribution >= 4 is 190 Å². The summed E-state index contributed by atoms with van der Waals surface area (Å²) in [6.45, 7) is 38.4. The molecular weight excluding hydrogens is 1790 g/mol. The van der Waals surface area contributed by atoms with Crippen LogP contribution in [0.2, 0.25) is 5.02 Å². The predicted octanol–water partition coefficient (Wildman–Crippen LogP) is 36.2. The van der Waals surface area contributed by atoms with E-state index in [4.69, 9.17) is 11.6 Å². The number of para-hydroxylation sites is 8. The average molecular weight is 1910 g/mol. The number of benzene rings is 19. The average Bonchev–Trinajstić information content (AvgIpc) is 0.773. The lowest BCUT2D eigenvalue weighted by Crippen LogP contribution is -2.61. The summed E-state index contributed by atoms with van der Waals surface area (Å²) in [5.74, 6) is 0. The number of nitrogens with zero attached hydrogens (tertiary/aromatic N) is 8. The lowest BCUT2D eigenvalue weighted by molar-refractivity contribution is 0.590. The Morgan fingerprint density at radius 3 is 0.719 bits per heavy atom. The topological polar surface area (TPSA) is 32.7 Å². The van der Waals surface area contributed by atoms with Crippen molar-refractivity contribution in [3.8, 4) is 22.7 Å². The molecule has 0 fully saturated rings. The van der Waals surface area contributed by atoms with Gasteiger partial charge in [-0.3, -0.25) is 0 Å². The van der Waals surface area contributed by atoms with Crippen molar-refractivity contribution in [3.63, 3.8) is 0 Å². The van der Waals surface area contributed by atoms with Crippen LogP contribution in [0.15, 0.2) is 431 Å². The summed E-state index contributed by atoms with van der Waals surface area (Å²) < 4.78 is 9.68. The van der Waals surface area contributed by atoms with Gasteiger partial charge in [-0.2, -0.15) is 0 Å². The maximum absolute atomic E-state index is 8.07. The molecule has 0 saturated heterocycles. The van der Waals surface area contributed by atoms with Crippen LogP contribution in [0.4, 0.5) is 68.2 Å². The van der Waals surface area contributed by atoms with Crippen LogP contribution in [0.25, 0.3) is 110 Å². The molecule has 0 spiro atoms. The summed E-state index contributed by atoms with van der Waals surface area (Å²) in [5, 5.41) is 10.6. The monoisotopic (exact) mass is 1910 g/mol. The van der Waals surface area contributed by atoms with Gasteiger partial charge in [0.15, 0.2) is 0 Å². The molecule has 716 valence electrons. The van der Waals surface area contributed by atoms with Gasteiger partial charge in [-0.1, -0.05) is 364 Å². The molecule has 2 aliphatic rings. The Balaban J connectivity index is 0.000000147. The summed E-state index contributed by atoms with van der Waals surface area (Å²) in [5.41, 5.74) is 40.0. The quantitative estimate of drug-likeness (QED) is 0.114. The third-order valence-corrected chi connectivity index (χ3v) is 30.4. The minimum atomic E-state index is -0.0276. The van der Waals surface area contributed by atoms with E-state index in [1.165, 1.54) is 160 Å². The molecule has 0 N–H and O–H groups in total. The number of halogens is 1. The molecule has 23 aromatic rings. The molecule has 0 saturated carbocycles. The minimum absolute atomic E-state index is 0.00916. The van der Waals surface area contributed by atoms with Crippen molar-refractivity contribution in [3.05, 3.63) is 475 Å². The van der Waals surface area contributed by atoms with E-state index in [0.29, 0.717) is 10.4 Å². The first-order chi connectivity index (χ1) is 70.4. The van der Waals surface area contributed by atoms with E-state index in [1.807, 2.05) is 0 Å². The zero-order valence-electron chi connectivity index (χ0n) is 86.5. The number of rotatable bonds is 12. The van der Waals surface area contributed by atoms with E-state index in [-0.39, 0.29) is 28.4 Å². The molecule has 6 heterocycles. The van der Waals surface area contributed by atoms with Gasteiger partial charge in [0.1, 0.15) is 0 Å². The number of fused-ring (bicyclic) bond motifs is 16. The Hall–Kier alpha value is -16.1. The molecule has 0 unspecified atom stereocenters. The van der Waals surface area contributed by atoms with Crippen molar-refractivity contribution < 1.29 is 0 Å². The van der Waals surface area contributed by atoms with Crippen molar-refractivity contribution in [2.24, 2.45) is 0 Å². The van der Waals surface area contributed by atoms with Crippen LogP contribution in [0, 0.1) is 13.8 Å². The smallest absolute Gasteiger partial charge is 0.252 e. The van der Waals surface area contributed by atoms with Gasteiger partial charge in [-0.15, -0.1) is 0 Å². The van der Waals surface area contributed by atoms with Crippen molar-refractivity contribution in [2.75, 3.05) is 19.6 Å². The highest BCUT2D eigenvalue weighted by molar-refractivity contribution is 7.00. The molecular formula is C136H122BClN8. The van der Waals surface area contributed by atoms with E-state index >= 15 is 0 Å². The summed E-state index contributed by atoms with van der Waals surface area (Å²) in [6, 6.07) is 159. The van der Waals surface area contributed by atoms with Crippen LogP contribution >= 0.6 is 11.6 Å². The van der Waals surface area contributed by atoms with Crippen molar-refractivity contribution in [1.29, 1.82) is 0 Å². The zero-order chi connectivity index (χ0) is 101. The highest BCUT2D eigenvalue weighted by Gasteiger charge is 2.45. The standard InChI is InChI=1S/C63H53BN4.C63H55ClN4.C10H14/c1-40-36-59-61-60(37-40)66(44-30-26-42(27-31-44)63(5,6)7)58-39-46(68-55-22-14-10-18-49(55)50-19-11-15-23-56(50)68)33-35-52(58)64(61)51-34-32-45(38-57(51)65(59)43-28-24-41(25-29-43)62(2,3)4)67-53-20-12-8-16-47(53)48-17-9-13-21-54(48)67;1-42-38-59(65(45-34-30-43(31-35-45)62(2,3)4)47-18-16-20-49(40-47)67-55-26-12-8-22-51(55)52-23-9-13-27-56(52)67)61(64)60(39-42)66(46-36-32-44(33-37-46)63(5,6)7)48-19-17-21-50(41-48)68-57-28-14-10-24-53(57)54-25-11-15-29-58(54)68;1-10(2,3)9-7-5-4-6-8-9/h8-39H,1-7H3;8-41H,1-7H3;4-8H,1-3H3. The van der Waals surface area contributed by atoms with Gasteiger partial charge in [0, 0.05) is 123 Å². The summed E-state index contributed by atoms with van der Waals surface area (Å²) >= 11 is 8.07. The van der Waals surface area contributed by atoms with Crippen LogP contribution in [0.1, 0.15) is 143 Å². The molecule has 25 rings (SSSR count). The molecule has 4 aromatic heterocycles. The fourth-order valence-electron chi connectivity index (χ4n) is 22.6. The summed E-state index contributed by atoms with van der Waals surface area (Å²) in [7, 11) is 0. The first kappa shape index (κ1) is 93.6. The third kappa shape index (κ3) is 16.6. The molecule has 0 aliphatic carbocycles. The van der Waals surface area contributed by atoms with Crippen LogP contribution in [0.3, 0.4) is 0 Å². The molecule has 0 atom stereocenters. The fraction of sp³-hybridized carbons (Fsp3) is 0.162. The van der Waals surface area contributed by atoms with Crippen molar-refractivity contribution in [2.45, 2.75) is 145 Å². The second-order valence-electron chi connectivity index (χ2n) is 44.9. The van der Waals surface area contributed by atoms with Gasteiger partial charge >= 0.3 is 0 Å². The molecule has 146 heavy (non-hydrogen) atoms. The Bertz CT molecular complexity index is 8290. The van der Waals surface area contributed by atoms with Gasteiger partial charge in [-0.25, -0.2) is 0 Å². The first-order valence-corrected chi connectivity index (χ1v) is 51.8. The SMILES string of the molecule is CC(C)(C)c1ccccc1.Cc1cc(N(c2ccc(C(C)(C)C)cc2)c2cccc(-n3c4ccccc4c4ccccc43)c2)c(Cl)c(N(c2ccc(C(C)(C)C)cc2)c2cccc(-n3c4ccccc4c4ccccc43)c2)c1.Cc1cc2c3c(c1)N(c1ccc(C(C)(C)C)cc1)c1cc(-n4c5ccccc5c5ccccc54)ccc1B3c1ccc(-n3c4ccccc4c4ccccc43)cc1N2c1ccc(C(C)(C)C)cc1. The number of hydrogen-bond donors (Lipinski definition) is 0. The normalized spacial score (nSPS) is 12.7. The highest BCUT2D eigenvalue weighted by atomic mass is 35.5. The second kappa shape index (κ2) is 36.4. The maximum atomic E-state index is 8.07. The number of aryl methyl sites for hydroxylation is 2. The third-order valence-electron chi connectivity index (χ3n) is 30.0. The number of anilines is 12. The lowest BCUT2D eigenvalue weighted by Gasteiger charge is -2.44.